The van der Waals surface area contributed by atoms with Gasteiger partial charge in [-0.3, -0.25) is 0 Å². The van der Waals surface area contributed by atoms with Gasteiger partial charge in [0, 0.05) is 6.42 Å². The lowest BCUT2D eigenvalue weighted by Crippen LogP contribution is -2.40. The van der Waals surface area contributed by atoms with E-state index in [-0.39, 0.29) is 6.42 Å². The first-order chi connectivity index (χ1) is 8.76. The Morgan fingerprint density at radius 3 is 2.21 bits per heavy atom. The van der Waals surface area contributed by atoms with Gasteiger partial charge >= 0.3 is 0 Å². The minimum Gasteiger partial charge on any atom is -0.497 e. The first-order valence-electron chi connectivity index (χ1n) is 6.04. The second-order valence-corrected chi connectivity index (χ2v) is 7.90. The Labute approximate surface area is 114 Å². The third kappa shape index (κ3) is 3.07. The van der Waals surface area contributed by atoms with E-state index in [2.05, 4.69) is 0 Å². The molecule has 0 N–H and O–H groups in total. The van der Waals surface area contributed by atoms with Crippen molar-refractivity contribution < 1.29 is 13.2 Å². The third-order valence-electron chi connectivity index (χ3n) is 3.19. The Morgan fingerprint density at radius 2 is 1.84 bits per heavy atom. The first kappa shape index (κ1) is 15.5. The summed E-state index contributed by atoms with van der Waals surface area (Å²) in [6.45, 7) is 4.67. The summed E-state index contributed by atoms with van der Waals surface area (Å²) in [6, 6.07) is 9.04. The molecule has 5 heteroatoms. The van der Waals surface area contributed by atoms with Crippen molar-refractivity contribution in [3.8, 4) is 11.8 Å². The summed E-state index contributed by atoms with van der Waals surface area (Å²) in [5.74, 6) is 0.703. The first-order valence-corrected chi connectivity index (χ1v) is 7.59. The molecule has 0 radical (unpaired) electrons. The van der Waals surface area contributed by atoms with Gasteiger partial charge in [0.1, 0.15) is 5.75 Å². The fourth-order valence-electron chi connectivity index (χ4n) is 1.86. The lowest BCUT2D eigenvalue weighted by atomic mass is 10.0. The quantitative estimate of drug-likeness (QED) is 0.830. The van der Waals surface area contributed by atoms with Crippen LogP contribution in [0.2, 0.25) is 0 Å². The Bertz CT molecular complexity index is 570. The molecule has 0 saturated carbocycles. The van der Waals surface area contributed by atoms with Crippen LogP contribution in [-0.4, -0.2) is 25.5 Å². The van der Waals surface area contributed by atoms with Gasteiger partial charge in [-0.05, 0) is 38.5 Å². The molecule has 1 aromatic carbocycles. The van der Waals surface area contributed by atoms with Crippen LogP contribution in [0.4, 0.5) is 0 Å². The minimum absolute atomic E-state index is 0.175. The average Bonchev–Trinajstić information content (AvgIpc) is 2.39. The van der Waals surface area contributed by atoms with Crippen molar-refractivity contribution in [2.45, 2.75) is 37.2 Å². The van der Waals surface area contributed by atoms with E-state index in [1.807, 2.05) is 6.07 Å². The molecule has 1 unspecified atom stereocenters. The predicted octanol–water partition coefficient (Wildman–Crippen LogP) is 2.34. The lowest BCUT2D eigenvalue weighted by molar-refractivity contribution is 0.414. The van der Waals surface area contributed by atoms with E-state index in [1.165, 1.54) is 6.92 Å². The predicted molar refractivity (Wildman–Crippen MR) is 74.8 cm³/mol. The number of sulfone groups is 1. The van der Waals surface area contributed by atoms with Crippen molar-refractivity contribution in [3.63, 3.8) is 0 Å². The van der Waals surface area contributed by atoms with E-state index >= 15 is 0 Å². The van der Waals surface area contributed by atoms with Gasteiger partial charge in [-0.15, -0.1) is 0 Å². The van der Waals surface area contributed by atoms with Crippen LogP contribution in [0.15, 0.2) is 24.3 Å². The van der Waals surface area contributed by atoms with Crippen molar-refractivity contribution in [2.24, 2.45) is 0 Å². The van der Waals surface area contributed by atoms with Gasteiger partial charge in [-0.1, -0.05) is 12.1 Å². The molecule has 1 aromatic rings. The van der Waals surface area contributed by atoms with E-state index in [4.69, 9.17) is 4.74 Å². The fourth-order valence-corrected chi connectivity index (χ4v) is 3.39. The number of nitrogens with zero attached hydrogens (tertiary/aromatic N) is 1. The fraction of sp³-hybridized carbons (Fsp3) is 0.500. The van der Waals surface area contributed by atoms with Crippen LogP contribution in [0.3, 0.4) is 0 Å². The third-order valence-corrected chi connectivity index (χ3v) is 5.92. The van der Waals surface area contributed by atoms with Crippen LogP contribution in [-0.2, 0) is 16.3 Å². The highest BCUT2D eigenvalue weighted by Crippen LogP contribution is 2.26. The summed E-state index contributed by atoms with van der Waals surface area (Å²) in [6.07, 6.45) is 0.175. The maximum absolute atomic E-state index is 12.3. The van der Waals surface area contributed by atoms with Gasteiger partial charge in [-0.2, -0.15) is 5.26 Å². The topological polar surface area (TPSA) is 67.2 Å². The average molecular weight is 281 g/mol. The highest BCUT2D eigenvalue weighted by Gasteiger charge is 2.41. The second kappa shape index (κ2) is 5.62. The van der Waals surface area contributed by atoms with Gasteiger partial charge in [0.15, 0.2) is 14.6 Å². The summed E-state index contributed by atoms with van der Waals surface area (Å²) in [7, 11) is -1.93. The van der Waals surface area contributed by atoms with Crippen LogP contribution in [0, 0.1) is 11.3 Å². The van der Waals surface area contributed by atoms with Crippen LogP contribution >= 0.6 is 0 Å². The zero-order valence-electron chi connectivity index (χ0n) is 11.7. The zero-order chi connectivity index (χ0) is 14.7. The van der Waals surface area contributed by atoms with Gasteiger partial charge in [0.25, 0.3) is 0 Å². The summed E-state index contributed by atoms with van der Waals surface area (Å²) >= 11 is 0. The van der Waals surface area contributed by atoms with Crippen LogP contribution in [0.5, 0.6) is 5.75 Å². The highest BCUT2D eigenvalue weighted by atomic mass is 32.2. The molecule has 0 spiro atoms. The molecular weight excluding hydrogens is 262 g/mol. The van der Waals surface area contributed by atoms with Crippen molar-refractivity contribution in [1.82, 2.24) is 0 Å². The monoisotopic (exact) mass is 281 g/mol. The normalized spacial score (nSPS) is 14.7. The summed E-state index contributed by atoms with van der Waals surface area (Å²) in [5.41, 5.74) is 0.800. The standard InChI is InChI=1S/C14H19NO3S/c1-11(2)19(16,17)14(3,10-15)9-12-5-7-13(18-4)8-6-12/h5-8,11H,9H2,1-4H3. The summed E-state index contributed by atoms with van der Waals surface area (Å²) in [4.78, 5) is 0. The largest absolute Gasteiger partial charge is 0.497 e. The molecule has 1 atom stereocenters. The maximum atomic E-state index is 12.3. The Balaban J connectivity index is 3.09. The van der Waals surface area contributed by atoms with Crippen molar-refractivity contribution in [3.05, 3.63) is 29.8 Å². The summed E-state index contributed by atoms with van der Waals surface area (Å²) in [5, 5.41) is 8.70. The molecular formula is C14H19NO3S. The van der Waals surface area contributed by atoms with Crippen LogP contribution in [0.1, 0.15) is 26.3 Å². The molecule has 104 valence electrons. The number of methoxy groups -OCH3 is 1. The molecule has 0 bridgehead atoms. The number of nitriles is 1. The number of ether oxygens (including phenoxy) is 1. The van der Waals surface area contributed by atoms with Gasteiger partial charge in [0.05, 0.1) is 18.4 Å². The van der Waals surface area contributed by atoms with Crippen molar-refractivity contribution in [2.75, 3.05) is 7.11 Å². The number of hydrogen-bond acceptors (Lipinski definition) is 4. The van der Waals surface area contributed by atoms with E-state index < -0.39 is 19.8 Å². The molecule has 0 aliphatic rings. The molecule has 1 rings (SSSR count). The molecule has 0 heterocycles. The molecule has 0 aliphatic carbocycles. The Morgan fingerprint density at radius 1 is 1.32 bits per heavy atom. The molecule has 4 nitrogen and oxygen atoms in total. The van der Waals surface area contributed by atoms with Gasteiger partial charge in [-0.25, -0.2) is 8.42 Å². The molecule has 0 aliphatic heterocycles. The van der Waals surface area contributed by atoms with Gasteiger partial charge < -0.3 is 4.74 Å². The second-order valence-electron chi connectivity index (χ2n) is 4.96. The molecule has 0 amide bonds. The summed E-state index contributed by atoms with van der Waals surface area (Å²) < 4.78 is 28.2. The van der Waals surface area contributed by atoms with E-state index in [9.17, 15) is 13.7 Å². The van der Waals surface area contributed by atoms with Crippen LogP contribution in [0.25, 0.3) is 0 Å². The number of rotatable bonds is 5. The number of benzene rings is 1. The Hall–Kier alpha value is -1.54. The maximum Gasteiger partial charge on any atom is 0.171 e. The van der Waals surface area contributed by atoms with Gasteiger partial charge in [0.2, 0.25) is 0 Å². The molecule has 19 heavy (non-hydrogen) atoms. The Kier molecular flexibility index (Phi) is 4.59. The zero-order valence-corrected chi connectivity index (χ0v) is 12.5. The van der Waals surface area contributed by atoms with Crippen molar-refractivity contribution in [1.29, 1.82) is 5.26 Å². The van der Waals surface area contributed by atoms with Crippen LogP contribution < -0.4 is 4.74 Å². The molecule has 0 saturated heterocycles. The SMILES string of the molecule is COc1ccc(CC(C)(C#N)S(=O)(=O)C(C)C)cc1. The lowest BCUT2D eigenvalue weighted by Gasteiger charge is -2.24. The van der Waals surface area contributed by atoms with Crippen molar-refractivity contribution >= 4 is 9.84 Å². The van der Waals surface area contributed by atoms with E-state index in [1.54, 1.807) is 45.2 Å². The minimum atomic E-state index is -3.49. The molecule has 0 aromatic heterocycles. The van der Waals surface area contributed by atoms with E-state index in [0.29, 0.717) is 5.75 Å². The highest BCUT2D eigenvalue weighted by molar-refractivity contribution is 7.93. The van der Waals surface area contributed by atoms with E-state index in [0.717, 1.165) is 5.56 Å². The smallest absolute Gasteiger partial charge is 0.171 e. The molecule has 0 fully saturated rings. The number of hydrogen-bond donors (Lipinski definition) is 0.